The minimum absolute atomic E-state index is 0.573. The van der Waals surface area contributed by atoms with Gasteiger partial charge in [-0.2, -0.15) is 5.10 Å². The Kier molecular flexibility index (Phi) is 2.77. The van der Waals surface area contributed by atoms with Crippen LogP contribution in [-0.2, 0) is 4.79 Å². The molecule has 5 heteroatoms. The standard InChI is InChI=1S/C11H15N3O2/c1-7(11(15)16)14(2)10-6-5-9(12-13-10)8-3-4-8/h5-8H,3-4H2,1-2H3,(H,15,16). The average molecular weight is 221 g/mol. The average Bonchev–Trinajstić information content (AvgIpc) is 3.11. The molecule has 2 rings (SSSR count). The van der Waals surface area contributed by atoms with Gasteiger partial charge in [0.1, 0.15) is 6.04 Å². The summed E-state index contributed by atoms with van der Waals surface area (Å²) in [7, 11) is 1.71. The normalized spacial score (nSPS) is 16.9. The first kappa shape index (κ1) is 10.9. The topological polar surface area (TPSA) is 66.3 Å². The summed E-state index contributed by atoms with van der Waals surface area (Å²) in [6.45, 7) is 1.62. The quantitative estimate of drug-likeness (QED) is 0.829. The van der Waals surface area contributed by atoms with Gasteiger partial charge in [0.25, 0.3) is 0 Å². The molecule has 1 atom stereocenters. The number of carbonyl (C=O) groups is 1. The summed E-state index contributed by atoms with van der Waals surface area (Å²) in [5.74, 6) is 0.304. The van der Waals surface area contributed by atoms with Crippen LogP contribution in [0.1, 0.15) is 31.4 Å². The van der Waals surface area contributed by atoms with Crippen LogP contribution in [0.3, 0.4) is 0 Å². The zero-order valence-electron chi connectivity index (χ0n) is 9.42. The van der Waals surface area contributed by atoms with Gasteiger partial charge in [-0.1, -0.05) is 0 Å². The fourth-order valence-corrected chi connectivity index (χ4v) is 1.48. The summed E-state index contributed by atoms with van der Waals surface area (Å²) < 4.78 is 0. The minimum Gasteiger partial charge on any atom is -0.480 e. The number of hydrogen-bond acceptors (Lipinski definition) is 4. The van der Waals surface area contributed by atoms with Gasteiger partial charge in [-0.25, -0.2) is 4.79 Å². The summed E-state index contributed by atoms with van der Waals surface area (Å²) in [5.41, 5.74) is 1.01. The molecule has 0 spiro atoms. The van der Waals surface area contributed by atoms with Crippen molar-refractivity contribution >= 4 is 11.8 Å². The fourth-order valence-electron chi connectivity index (χ4n) is 1.48. The van der Waals surface area contributed by atoms with Crippen molar-refractivity contribution in [3.8, 4) is 0 Å². The number of anilines is 1. The van der Waals surface area contributed by atoms with Crippen molar-refractivity contribution in [1.29, 1.82) is 0 Å². The van der Waals surface area contributed by atoms with E-state index in [1.54, 1.807) is 18.9 Å². The molecule has 0 radical (unpaired) electrons. The highest BCUT2D eigenvalue weighted by Gasteiger charge is 2.26. The molecule has 0 aliphatic heterocycles. The molecule has 1 aromatic rings. The lowest BCUT2D eigenvalue weighted by atomic mass is 10.2. The second kappa shape index (κ2) is 4.08. The lowest BCUT2D eigenvalue weighted by Gasteiger charge is -2.21. The van der Waals surface area contributed by atoms with E-state index in [-0.39, 0.29) is 0 Å². The molecule has 1 saturated carbocycles. The van der Waals surface area contributed by atoms with E-state index in [0.717, 1.165) is 5.69 Å². The number of hydrogen-bond donors (Lipinski definition) is 1. The largest absolute Gasteiger partial charge is 0.480 e. The summed E-state index contributed by atoms with van der Waals surface area (Å²) in [6, 6.07) is 3.17. The number of carboxylic acids is 1. The Morgan fingerprint density at radius 1 is 1.50 bits per heavy atom. The molecule has 1 heterocycles. The molecule has 1 aromatic heterocycles. The second-order valence-corrected chi connectivity index (χ2v) is 4.22. The highest BCUT2D eigenvalue weighted by Crippen LogP contribution is 2.38. The third kappa shape index (κ3) is 2.13. The zero-order chi connectivity index (χ0) is 11.7. The Bertz CT molecular complexity index is 387. The molecule has 1 fully saturated rings. The number of aromatic nitrogens is 2. The molecular weight excluding hydrogens is 206 g/mol. The highest BCUT2D eigenvalue weighted by molar-refractivity contribution is 5.76. The lowest BCUT2D eigenvalue weighted by molar-refractivity contribution is -0.138. The number of nitrogens with zero attached hydrogens (tertiary/aromatic N) is 3. The molecule has 0 aromatic carbocycles. The van der Waals surface area contributed by atoms with Gasteiger partial charge in [-0.3, -0.25) is 0 Å². The summed E-state index contributed by atoms with van der Waals surface area (Å²) in [4.78, 5) is 12.4. The molecule has 1 aliphatic carbocycles. The Morgan fingerprint density at radius 3 is 2.62 bits per heavy atom. The van der Waals surface area contributed by atoms with Crippen molar-refractivity contribution in [2.24, 2.45) is 0 Å². The lowest BCUT2D eigenvalue weighted by Crippen LogP contribution is -2.36. The molecule has 86 valence electrons. The van der Waals surface area contributed by atoms with Gasteiger partial charge >= 0.3 is 5.97 Å². The zero-order valence-corrected chi connectivity index (χ0v) is 9.42. The number of aliphatic carboxylic acids is 1. The Hall–Kier alpha value is -1.65. The number of rotatable bonds is 4. The predicted octanol–water partition coefficient (Wildman–Crippen LogP) is 1.26. The van der Waals surface area contributed by atoms with Crippen LogP contribution in [0.5, 0.6) is 0 Å². The van der Waals surface area contributed by atoms with Crippen LogP contribution in [0.2, 0.25) is 0 Å². The summed E-state index contributed by atoms with van der Waals surface area (Å²) in [5, 5.41) is 17.1. The van der Waals surface area contributed by atoms with Crippen LogP contribution in [0, 0.1) is 0 Å². The molecule has 5 nitrogen and oxygen atoms in total. The Labute approximate surface area is 94.1 Å². The van der Waals surface area contributed by atoms with E-state index >= 15 is 0 Å². The molecular formula is C11H15N3O2. The summed E-state index contributed by atoms with van der Waals surface area (Å²) >= 11 is 0. The van der Waals surface area contributed by atoms with Crippen LogP contribution >= 0.6 is 0 Å². The van der Waals surface area contributed by atoms with E-state index in [0.29, 0.717) is 11.7 Å². The minimum atomic E-state index is -0.865. The first-order valence-electron chi connectivity index (χ1n) is 5.39. The maximum Gasteiger partial charge on any atom is 0.326 e. The van der Waals surface area contributed by atoms with Gasteiger partial charge < -0.3 is 10.0 Å². The third-order valence-corrected chi connectivity index (χ3v) is 2.97. The first-order valence-corrected chi connectivity index (χ1v) is 5.39. The van der Waals surface area contributed by atoms with Crippen LogP contribution in [0.15, 0.2) is 12.1 Å². The van der Waals surface area contributed by atoms with Crippen molar-refractivity contribution in [1.82, 2.24) is 10.2 Å². The maximum atomic E-state index is 10.8. The molecule has 0 bridgehead atoms. The summed E-state index contributed by atoms with van der Waals surface area (Å²) in [6.07, 6.45) is 2.38. The van der Waals surface area contributed by atoms with E-state index in [9.17, 15) is 4.79 Å². The maximum absolute atomic E-state index is 10.8. The Morgan fingerprint density at radius 2 is 2.19 bits per heavy atom. The highest BCUT2D eigenvalue weighted by atomic mass is 16.4. The number of likely N-dealkylation sites (N-methyl/N-ethyl adjacent to an activating group) is 1. The third-order valence-electron chi connectivity index (χ3n) is 2.97. The van der Waals surface area contributed by atoms with Gasteiger partial charge in [0.15, 0.2) is 5.82 Å². The van der Waals surface area contributed by atoms with E-state index in [4.69, 9.17) is 5.11 Å². The molecule has 1 N–H and O–H groups in total. The fraction of sp³-hybridized carbons (Fsp3) is 0.545. The van der Waals surface area contributed by atoms with Crippen molar-refractivity contribution in [2.45, 2.75) is 31.7 Å². The molecule has 1 unspecified atom stereocenters. The van der Waals surface area contributed by atoms with Crippen LogP contribution in [0.4, 0.5) is 5.82 Å². The van der Waals surface area contributed by atoms with E-state index < -0.39 is 12.0 Å². The van der Waals surface area contributed by atoms with Crippen molar-refractivity contribution in [3.05, 3.63) is 17.8 Å². The van der Waals surface area contributed by atoms with Gasteiger partial charge in [0.05, 0.1) is 5.69 Å². The molecule has 0 amide bonds. The molecule has 0 saturated heterocycles. The second-order valence-electron chi connectivity index (χ2n) is 4.22. The van der Waals surface area contributed by atoms with Crippen LogP contribution in [0.25, 0.3) is 0 Å². The SMILES string of the molecule is CC(C(=O)O)N(C)c1ccc(C2CC2)nn1. The van der Waals surface area contributed by atoms with Gasteiger partial charge in [0.2, 0.25) is 0 Å². The first-order chi connectivity index (χ1) is 7.59. The van der Waals surface area contributed by atoms with Crippen molar-refractivity contribution < 1.29 is 9.90 Å². The predicted molar refractivity (Wildman–Crippen MR) is 59.5 cm³/mol. The van der Waals surface area contributed by atoms with Gasteiger partial charge in [-0.15, -0.1) is 5.10 Å². The van der Waals surface area contributed by atoms with Gasteiger partial charge in [-0.05, 0) is 31.9 Å². The van der Waals surface area contributed by atoms with E-state index in [1.807, 2.05) is 12.1 Å². The van der Waals surface area contributed by atoms with Gasteiger partial charge in [0, 0.05) is 13.0 Å². The van der Waals surface area contributed by atoms with Crippen molar-refractivity contribution in [2.75, 3.05) is 11.9 Å². The Balaban J connectivity index is 2.11. The monoisotopic (exact) mass is 221 g/mol. The number of carboxylic acid groups (broad SMARTS) is 1. The van der Waals surface area contributed by atoms with E-state index in [2.05, 4.69) is 10.2 Å². The van der Waals surface area contributed by atoms with E-state index in [1.165, 1.54) is 12.8 Å². The molecule has 16 heavy (non-hydrogen) atoms. The smallest absolute Gasteiger partial charge is 0.326 e. The van der Waals surface area contributed by atoms with Crippen LogP contribution in [-0.4, -0.2) is 34.4 Å². The van der Waals surface area contributed by atoms with Crippen LogP contribution < -0.4 is 4.90 Å². The van der Waals surface area contributed by atoms with Crippen molar-refractivity contribution in [3.63, 3.8) is 0 Å². The molecule has 1 aliphatic rings.